The third-order valence-electron chi connectivity index (χ3n) is 7.88. The van der Waals surface area contributed by atoms with Gasteiger partial charge in [0, 0.05) is 54.6 Å². The summed E-state index contributed by atoms with van der Waals surface area (Å²) in [7, 11) is 0. The molecular formula is C30H30F3N7O3. The predicted octanol–water partition coefficient (Wildman–Crippen LogP) is 5.30. The number of aromatic nitrogens is 4. The van der Waals surface area contributed by atoms with Crippen molar-refractivity contribution < 1.29 is 27.5 Å². The number of carbonyl (C=O) groups excluding carboxylic acids is 2. The van der Waals surface area contributed by atoms with Crippen molar-refractivity contribution in [2.75, 3.05) is 17.6 Å². The minimum atomic E-state index is -4.57. The van der Waals surface area contributed by atoms with Gasteiger partial charge in [-0.2, -0.15) is 13.2 Å². The molecule has 3 N–H and O–H groups in total. The molecule has 2 atom stereocenters. The Bertz CT molecular complexity index is 1720. The number of nitrogen functional groups attached to an aromatic ring is 1. The van der Waals surface area contributed by atoms with Gasteiger partial charge in [-0.05, 0) is 63.4 Å². The van der Waals surface area contributed by atoms with Crippen LogP contribution in [-0.2, 0) is 11.0 Å². The van der Waals surface area contributed by atoms with Crippen LogP contribution in [0.25, 0.3) is 16.8 Å². The Balaban J connectivity index is 1.38. The molecule has 2 aliphatic rings. The SMILES string of the molecule is CC(C)Oc1cc(C(=O)Nc2cc(C(F)(F)F)ccn2)ccc1-c1nc(C2CCC3CCC(=O)N3C2)n2ccnc(N)c12. The number of halogens is 3. The van der Waals surface area contributed by atoms with Crippen molar-refractivity contribution in [2.24, 2.45) is 0 Å². The Morgan fingerprint density at radius 1 is 1.12 bits per heavy atom. The molecule has 2 amide bonds. The van der Waals surface area contributed by atoms with Crippen LogP contribution in [0.3, 0.4) is 0 Å². The molecule has 1 aromatic carbocycles. The summed E-state index contributed by atoms with van der Waals surface area (Å²) in [5.41, 5.74) is 7.26. The number of alkyl halides is 3. The van der Waals surface area contributed by atoms with E-state index in [2.05, 4.69) is 15.3 Å². The number of nitrogens with zero attached hydrogens (tertiary/aromatic N) is 5. The van der Waals surface area contributed by atoms with Crippen LogP contribution in [-0.4, -0.2) is 54.8 Å². The Morgan fingerprint density at radius 3 is 2.70 bits per heavy atom. The Labute approximate surface area is 245 Å². The van der Waals surface area contributed by atoms with Gasteiger partial charge in [-0.15, -0.1) is 0 Å². The highest BCUT2D eigenvalue weighted by Crippen LogP contribution is 2.40. The minimum Gasteiger partial charge on any atom is -0.490 e. The Kier molecular flexibility index (Phi) is 7.18. The number of hydrogen-bond donors (Lipinski definition) is 2. The van der Waals surface area contributed by atoms with Crippen LogP contribution in [0.2, 0.25) is 0 Å². The van der Waals surface area contributed by atoms with E-state index < -0.39 is 17.6 Å². The highest BCUT2D eigenvalue weighted by Gasteiger charge is 2.38. The monoisotopic (exact) mass is 593 g/mol. The molecule has 43 heavy (non-hydrogen) atoms. The van der Waals surface area contributed by atoms with Crippen LogP contribution in [0.5, 0.6) is 5.75 Å². The number of ether oxygens (including phenoxy) is 1. The van der Waals surface area contributed by atoms with Gasteiger partial charge >= 0.3 is 6.18 Å². The van der Waals surface area contributed by atoms with Gasteiger partial charge in [0.05, 0.1) is 11.7 Å². The molecular weight excluding hydrogens is 563 g/mol. The molecule has 3 aromatic heterocycles. The molecule has 10 nitrogen and oxygen atoms in total. The number of pyridine rings is 1. The zero-order valence-corrected chi connectivity index (χ0v) is 23.6. The average Bonchev–Trinajstić information content (AvgIpc) is 3.53. The number of rotatable bonds is 6. The summed E-state index contributed by atoms with van der Waals surface area (Å²) in [6.07, 6.45) is 2.75. The number of anilines is 2. The van der Waals surface area contributed by atoms with E-state index in [1.54, 1.807) is 18.5 Å². The highest BCUT2D eigenvalue weighted by atomic mass is 19.4. The minimum absolute atomic E-state index is 0.0131. The summed E-state index contributed by atoms with van der Waals surface area (Å²) in [5, 5.41) is 2.43. The molecule has 2 unspecified atom stereocenters. The molecule has 0 spiro atoms. The zero-order chi connectivity index (χ0) is 30.5. The lowest BCUT2D eigenvalue weighted by molar-refractivity contribution is -0.137. The molecule has 2 aliphatic heterocycles. The summed E-state index contributed by atoms with van der Waals surface area (Å²) < 4.78 is 47.5. The van der Waals surface area contributed by atoms with Gasteiger partial charge < -0.3 is 20.7 Å². The first-order valence-corrected chi connectivity index (χ1v) is 14.1. The molecule has 2 fully saturated rings. The van der Waals surface area contributed by atoms with Crippen molar-refractivity contribution in [2.45, 2.75) is 63.8 Å². The van der Waals surface area contributed by atoms with Gasteiger partial charge in [0.25, 0.3) is 5.91 Å². The third-order valence-corrected chi connectivity index (χ3v) is 7.88. The first-order chi connectivity index (χ1) is 20.5. The smallest absolute Gasteiger partial charge is 0.416 e. The van der Waals surface area contributed by atoms with Crippen LogP contribution in [0.15, 0.2) is 48.9 Å². The lowest BCUT2D eigenvalue weighted by Crippen LogP contribution is -2.41. The maximum atomic E-state index is 13.1. The number of carbonyl (C=O) groups is 2. The first kappa shape index (κ1) is 28.4. The fourth-order valence-electron chi connectivity index (χ4n) is 5.91. The third kappa shape index (κ3) is 5.46. The lowest BCUT2D eigenvalue weighted by Gasteiger charge is -2.34. The van der Waals surface area contributed by atoms with Crippen molar-refractivity contribution in [3.8, 4) is 17.0 Å². The van der Waals surface area contributed by atoms with E-state index in [-0.39, 0.29) is 41.2 Å². The standard InChI is InChI=1S/C30H30F3N7O3/c1-16(2)43-22-13-17(29(42)37-23-14-19(9-10-35-23)30(31,32)33)4-7-21(22)25-26-27(34)36-11-12-39(26)28(38-25)18-3-5-20-6-8-24(41)40(20)15-18/h4,7,9-14,16,18,20H,3,5-6,8,15H2,1-2H3,(H2,34,36)(H,35,37,42). The number of nitrogens with one attached hydrogen (secondary N) is 1. The van der Waals surface area contributed by atoms with Crippen molar-refractivity contribution >= 4 is 29.0 Å². The molecule has 0 saturated carbocycles. The predicted molar refractivity (Wildman–Crippen MR) is 153 cm³/mol. The lowest BCUT2D eigenvalue weighted by atomic mass is 9.92. The Morgan fingerprint density at radius 2 is 1.93 bits per heavy atom. The van der Waals surface area contributed by atoms with Crippen molar-refractivity contribution in [3.63, 3.8) is 0 Å². The van der Waals surface area contributed by atoms with Crippen molar-refractivity contribution in [3.05, 3.63) is 65.9 Å². The molecule has 6 rings (SSSR count). The second-order valence-corrected chi connectivity index (χ2v) is 11.1. The molecule has 0 radical (unpaired) electrons. The van der Waals surface area contributed by atoms with E-state index in [1.165, 1.54) is 12.1 Å². The normalized spacial score (nSPS) is 18.7. The van der Waals surface area contributed by atoms with E-state index in [0.29, 0.717) is 35.5 Å². The summed E-state index contributed by atoms with van der Waals surface area (Å²) in [6.45, 7) is 4.24. The summed E-state index contributed by atoms with van der Waals surface area (Å²) >= 11 is 0. The molecule has 0 bridgehead atoms. The first-order valence-electron chi connectivity index (χ1n) is 14.1. The van der Waals surface area contributed by atoms with E-state index >= 15 is 0 Å². The van der Waals surface area contributed by atoms with E-state index in [1.807, 2.05) is 23.1 Å². The summed E-state index contributed by atoms with van der Waals surface area (Å²) in [6, 6.07) is 6.61. The number of amides is 2. The fourth-order valence-corrected chi connectivity index (χ4v) is 5.91. The van der Waals surface area contributed by atoms with E-state index in [0.717, 1.165) is 43.4 Å². The highest BCUT2D eigenvalue weighted by molar-refractivity contribution is 6.04. The van der Waals surface area contributed by atoms with Gasteiger partial charge in [-0.1, -0.05) is 0 Å². The van der Waals surface area contributed by atoms with Gasteiger partial charge in [-0.3, -0.25) is 14.0 Å². The molecule has 2 saturated heterocycles. The van der Waals surface area contributed by atoms with Crippen LogP contribution in [0, 0.1) is 0 Å². The maximum Gasteiger partial charge on any atom is 0.416 e. The summed E-state index contributed by atoms with van der Waals surface area (Å²) in [5.74, 6) is 0.619. The number of nitrogens with two attached hydrogens (primary N) is 1. The van der Waals surface area contributed by atoms with Gasteiger partial charge in [-0.25, -0.2) is 15.0 Å². The van der Waals surface area contributed by atoms with Gasteiger partial charge in [0.15, 0.2) is 0 Å². The fraction of sp³-hybridized carbons (Fsp3) is 0.367. The van der Waals surface area contributed by atoms with Gasteiger partial charge in [0.1, 0.15) is 34.4 Å². The molecule has 0 aliphatic carbocycles. The van der Waals surface area contributed by atoms with Crippen molar-refractivity contribution in [1.29, 1.82) is 0 Å². The summed E-state index contributed by atoms with van der Waals surface area (Å²) in [4.78, 5) is 40.7. The largest absolute Gasteiger partial charge is 0.490 e. The number of benzene rings is 1. The van der Waals surface area contributed by atoms with Crippen molar-refractivity contribution in [1.82, 2.24) is 24.3 Å². The number of hydrogen-bond acceptors (Lipinski definition) is 7. The number of piperidine rings is 1. The van der Waals surface area contributed by atoms with Crippen LogP contribution in [0.4, 0.5) is 24.8 Å². The van der Waals surface area contributed by atoms with Crippen LogP contribution in [0.1, 0.15) is 67.2 Å². The number of fused-ring (bicyclic) bond motifs is 2. The second kappa shape index (κ2) is 10.9. The Hall–Kier alpha value is -4.68. The van der Waals surface area contributed by atoms with E-state index in [9.17, 15) is 22.8 Å². The quantitative estimate of drug-likeness (QED) is 0.311. The molecule has 224 valence electrons. The molecule has 13 heteroatoms. The second-order valence-electron chi connectivity index (χ2n) is 11.1. The molecule has 4 aromatic rings. The maximum absolute atomic E-state index is 13.1. The molecule has 5 heterocycles. The van der Waals surface area contributed by atoms with Gasteiger partial charge in [0.2, 0.25) is 5.91 Å². The van der Waals surface area contributed by atoms with Crippen LogP contribution < -0.4 is 15.8 Å². The number of imidazole rings is 1. The topological polar surface area (TPSA) is 128 Å². The van der Waals surface area contributed by atoms with E-state index in [4.69, 9.17) is 15.5 Å². The average molecular weight is 594 g/mol. The van der Waals surface area contributed by atoms with Crippen LogP contribution >= 0.6 is 0 Å². The zero-order valence-electron chi connectivity index (χ0n) is 23.6.